The molecule has 0 unspecified atom stereocenters. The zero-order valence-electron chi connectivity index (χ0n) is 11.3. The molecule has 108 valence electrons. The van der Waals surface area contributed by atoms with Crippen molar-refractivity contribution in [1.29, 1.82) is 0 Å². The van der Waals surface area contributed by atoms with Crippen molar-refractivity contribution in [2.45, 2.75) is 0 Å². The van der Waals surface area contributed by atoms with Crippen LogP contribution in [0.2, 0.25) is 0 Å². The fraction of sp³-hybridized carbons (Fsp3) is 0.0667. The van der Waals surface area contributed by atoms with Gasteiger partial charge in [0.25, 0.3) is 0 Å². The molecule has 0 saturated carbocycles. The number of hydrazone groups is 1. The Morgan fingerprint density at radius 1 is 1.10 bits per heavy atom. The Balaban J connectivity index is 1.95. The minimum Gasteiger partial charge on any atom is -0.457 e. The number of hydrogen-bond donors (Lipinski definition) is 2. The van der Waals surface area contributed by atoms with E-state index in [2.05, 4.69) is 15.8 Å². The predicted octanol–water partition coefficient (Wildman–Crippen LogP) is 2.88. The van der Waals surface area contributed by atoms with Crippen LogP contribution >= 0.6 is 0 Å². The molecule has 5 nitrogen and oxygen atoms in total. The number of nitrogens with zero attached hydrogens (tertiary/aromatic N) is 1. The number of urea groups is 1. The number of rotatable bonds is 4. The average molecular weight is 287 g/mol. The first kappa shape index (κ1) is 14.5. The Bertz CT molecular complexity index is 624. The summed E-state index contributed by atoms with van der Waals surface area (Å²) in [5.41, 5.74) is 3.10. The molecule has 0 aliphatic carbocycles. The lowest BCUT2D eigenvalue weighted by atomic mass is 10.2. The minimum atomic E-state index is -0.387. The van der Waals surface area contributed by atoms with Crippen molar-refractivity contribution in [1.82, 2.24) is 10.7 Å². The topological polar surface area (TPSA) is 62.7 Å². The van der Waals surface area contributed by atoms with Gasteiger partial charge in [-0.25, -0.2) is 14.6 Å². The first-order chi connectivity index (χ1) is 10.2. The number of carbonyl (C=O) groups excluding carboxylic acids is 1. The van der Waals surface area contributed by atoms with Crippen LogP contribution in [-0.4, -0.2) is 19.3 Å². The molecule has 2 N–H and O–H groups in total. The van der Waals surface area contributed by atoms with E-state index in [4.69, 9.17) is 4.74 Å². The van der Waals surface area contributed by atoms with Crippen molar-refractivity contribution in [3.05, 3.63) is 59.9 Å². The zero-order valence-corrected chi connectivity index (χ0v) is 11.3. The summed E-state index contributed by atoms with van der Waals surface area (Å²) < 4.78 is 18.3. The van der Waals surface area contributed by atoms with Crippen LogP contribution in [0.1, 0.15) is 5.56 Å². The second kappa shape index (κ2) is 7.04. The Morgan fingerprint density at radius 3 is 2.24 bits per heavy atom. The molecule has 0 bridgehead atoms. The number of hydrogen-bond acceptors (Lipinski definition) is 3. The van der Waals surface area contributed by atoms with Gasteiger partial charge in [0.15, 0.2) is 0 Å². The van der Waals surface area contributed by atoms with Crippen molar-refractivity contribution in [3.63, 3.8) is 0 Å². The molecule has 2 aromatic rings. The Labute approximate surface area is 121 Å². The van der Waals surface area contributed by atoms with E-state index in [1.165, 1.54) is 25.4 Å². The van der Waals surface area contributed by atoms with Gasteiger partial charge in [-0.3, -0.25) is 0 Å². The van der Waals surface area contributed by atoms with E-state index in [1.54, 1.807) is 36.4 Å². The van der Waals surface area contributed by atoms with Gasteiger partial charge in [0, 0.05) is 7.05 Å². The zero-order chi connectivity index (χ0) is 15.1. The molecule has 0 radical (unpaired) electrons. The summed E-state index contributed by atoms with van der Waals surface area (Å²) in [6.07, 6.45) is 1.51. The smallest absolute Gasteiger partial charge is 0.334 e. The number of ether oxygens (including phenoxy) is 1. The van der Waals surface area contributed by atoms with Gasteiger partial charge in [-0.2, -0.15) is 5.10 Å². The van der Waals surface area contributed by atoms with Gasteiger partial charge < -0.3 is 10.1 Å². The summed E-state index contributed by atoms with van der Waals surface area (Å²) in [5.74, 6) is 0.870. The maximum absolute atomic E-state index is 12.8. The Kier molecular flexibility index (Phi) is 4.87. The van der Waals surface area contributed by atoms with Gasteiger partial charge in [-0.1, -0.05) is 0 Å². The molecule has 0 atom stereocenters. The lowest BCUT2D eigenvalue weighted by Crippen LogP contribution is -2.28. The van der Waals surface area contributed by atoms with E-state index in [9.17, 15) is 9.18 Å². The van der Waals surface area contributed by atoms with Crippen LogP contribution in [0.3, 0.4) is 0 Å². The standard InChI is InChI=1S/C15H14FN3O2/c1-17-15(20)19-18-10-11-2-6-13(7-3-11)21-14-8-4-12(16)5-9-14/h2-10H,1H3,(H2,17,19,20). The largest absolute Gasteiger partial charge is 0.457 e. The van der Waals surface area contributed by atoms with Crippen molar-refractivity contribution < 1.29 is 13.9 Å². The van der Waals surface area contributed by atoms with E-state index < -0.39 is 0 Å². The highest BCUT2D eigenvalue weighted by Crippen LogP contribution is 2.21. The summed E-state index contributed by atoms with van der Waals surface area (Å²) in [6.45, 7) is 0. The third-order valence-electron chi connectivity index (χ3n) is 2.54. The molecule has 0 aliphatic heterocycles. The maximum Gasteiger partial charge on any atom is 0.334 e. The molecule has 0 aromatic heterocycles. The molecule has 0 spiro atoms. The summed E-state index contributed by atoms with van der Waals surface area (Å²) in [4.78, 5) is 10.9. The van der Waals surface area contributed by atoms with Crippen LogP contribution in [-0.2, 0) is 0 Å². The van der Waals surface area contributed by atoms with E-state index >= 15 is 0 Å². The highest BCUT2D eigenvalue weighted by atomic mass is 19.1. The number of carbonyl (C=O) groups is 1. The lowest BCUT2D eigenvalue weighted by molar-refractivity contribution is 0.243. The predicted molar refractivity (Wildman–Crippen MR) is 78.1 cm³/mol. The molecule has 0 saturated heterocycles. The summed E-state index contributed by atoms with van der Waals surface area (Å²) in [7, 11) is 1.51. The number of benzene rings is 2. The molecule has 0 fully saturated rings. The van der Waals surface area contributed by atoms with Crippen LogP contribution in [0.25, 0.3) is 0 Å². The first-order valence-electron chi connectivity index (χ1n) is 6.21. The Morgan fingerprint density at radius 2 is 1.67 bits per heavy atom. The molecule has 2 amide bonds. The fourth-order valence-corrected chi connectivity index (χ4v) is 1.48. The van der Waals surface area contributed by atoms with E-state index in [0.29, 0.717) is 11.5 Å². The minimum absolute atomic E-state index is 0.308. The van der Waals surface area contributed by atoms with Crippen LogP contribution in [0.15, 0.2) is 53.6 Å². The van der Waals surface area contributed by atoms with Gasteiger partial charge in [-0.15, -0.1) is 0 Å². The fourth-order valence-electron chi connectivity index (χ4n) is 1.48. The number of amides is 2. The molecule has 6 heteroatoms. The van der Waals surface area contributed by atoms with Crippen LogP contribution in [0.4, 0.5) is 9.18 Å². The van der Waals surface area contributed by atoms with Gasteiger partial charge in [0.1, 0.15) is 17.3 Å². The number of halogens is 1. The van der Waals surface area contributed by atoms with E-state index in [-0.39, 0.29) is 11.8 Å². The molecular weight excluding hydrogens is 273 g/mol. The molecule has 2 rings (SSSR count). The average Bonchev–Trinajstić information content (AvgIpc) is 2.51. The van der Waals surface area contributed by atoms with E-state index in [0.717, 1.165) is 5.56 Å². The van der Waals surface area contributed by atoms with Gasteiger partial charge >= 0.3 is 6.03 Å². The van der Waals surface area contributed by atoms with Crippen molar-refractivity contribution in [3.8, 4) is 11.5 Å². The summed E-state index contributed by atoms with van der Waals surface area (Å²) >= 11 is 0. The van der Waals surface area contributed by atoms with Crippen LogP contribution < -0.4 is 15.5 Å². The summed E-state index contributed by atoms with van der Waals surface area (Å²) in [5, 5.41) is 6.15. The summed E-state index contributed by atoms with van der Waals surface area (Å²) in [6, 6.07) is 12.5. The monoisotopic (exact) mass is 287 g/mol. The second-order valence-electron chi connectivity index (χ2n) is 4.07. The second-order valence-corrected chi connectivity index (χ2v) is 4.07. The third-order valence-corrected chi connectivity index (χ3v) is 2.54. The first-order valence-corrected chi connectivity index (χ1v) is 6.21. The SMILES string of the molecule is CNC(=O)NN=Cc1ccc(Oc2ccc(F)cc2)cc1. The third kappa shape index (κ3) is 4.61. The van der Waals surface area contributed by atoms with E-state index in [1.807, 2.05) is 0 Å². The molecular formula is C15H14FN3O2. The molecule has 0 aliphatic rings. The molecule has 21 heavy (non-hydrogen) atoms. The van der Waals surface area contributed by atoms with Crippen molar-refractivity contribution in [2.24, 2.45) is 5.10 Å². The highest BCUT2D eigenvalue weighted by Gasteiger charge is 1.98. The van der Waals surface area contributed by atoms with Gasteiger partial charge in [0.05, 0.1) is 6.21 Å². The lowest BCUT2D eigenvalue weighted by Gasteiger charge is -2.05. The highest BCUT2D eigenvalue weighted by molar-refractivity contribution is 5.81. The van der Waals surface area contributed by atoms with Gasteiger partial charge in [-0.05, 0) is 54.1 Å². The van der Waals surface area contributed by atoms with Crippen molar-refractivity contribution >= 4 is 12.2 Å². The quantitative estimate of drug-likeness (QED) is 0.671. The van der Waals surface area contributed by atoms with Crippen LogP contribution in [0, 0.1) is 5.82 Å². The molecule has 0 heterocycles. The maximum atomic E-state index is 12.8. The number of nitrogens with one attached hydrogen (secondary N) is 2. The normalized spacial score (nSPS) is 10.4. The molecule has 2 aromatic carbocycles. The van der Waals surface area contributed by atoms with Crippen molar-refractivity contribution in [2.75, 3.05) is 7.05 Å². The van der Waals surface area contributed by atoms with Gasteiger partial charge in [0.2, 0.25) is 0 Å². The Hall–Kier alpha value is -2.89. The van der Waals surface area contributed by atoms with Crippen LogP contribution in [0.5, 0.6) is 11.5 Å².